The fraction of sp³-hybridized carbons (Fsp3) is 1.00. The third-order valence-corrected chi connectivity index (χ3v) is 6.24. The summed E-state index contributed by atoms with van der Waals surface area (Å²) in [5.74, 6) is 0.367. The monoisotopic (exact) mass is 244 g/mol. The quantitative estimate of drug-likeness (QED) is 0.738. The number of fused-ring (bicyclic) bond motifs is 2. The van der Waals surface area contributed by atoms with Gasteiger partial charge in [-0.05, 0) is 38.5 Å². The van der Waals surface area contributed by atoms with Crippen molar-refractivity contribution in [3.05, 3.63) is 0 Å². The van der Waals surface area contributed by atoms with Crippen LogP contribution in [-0.2, 0) is 10.0 Å². The van der Waals surface area contributed by atoms with Gasteiger partial charge in [0.25, 0.3) is 0 Å². The molecule has 92 valence electrons. The molecule has 2 atom stereocenters. The van der Waals surface area contributed by atoms with Crippen LogP contribution in [0.15, 0.2) is 0 Å². The molecule has 0 aromatic heterocycles. The Balaban J connectivity index is 1.77. The van der Waals surface area contributed by atoms with Gasteiger partial charge in [-0.1, -0.05) is 0 Å². The lowest BCUT2D eigenvalue weighted by Gasteiger charge is -2.38. The molecule has 2 bridgehead atoms. The molecule has 3 aliphatic rings. The van der Waals surface area contributed by atoms with E-state index in [0.717, 1.165) is 32.2 Å². The summed E-state index contributed by atoms with van der Waals surface area (Å²) in [6, 6.07) is 1.42. The highest BCUT2D eigenvalue weighted by atomic mass is 32.2. The SMILES string of the molecule is O=S1(=O)CCCCN1C1CC2CCC(C1)N2. The molecule has 3 rings (SSSR count). The van der Waals surface area contributed by atoms with E-state index in [1.807, 2.05) is 4.31 Å². The molecule has 1 N–H and O–H groups in total. The Bertz CT molecular complexity index is 356. The maximum atomic E-state index is 12.0. The van der Waals surface area contributed by atoms with Gasteiger partial charge in [0.1, 0.15) is 0 Å². The van der Waals surface area contributed by atoms with Crippen LogP contribution in [0.5, 0.6) is 0 Å². The second-order valence-electron chi connectivity index (χ2n) is 5.40. The van der Waals surface area contributed by atoms with E-state index < -0.39 is 10.0 Å². The third-order valence-electron chi connectivity index (χ3n) is 4.24. The van der Waals surface area contributed by atoms with Crippen molar-refractivity contribution < 1.29 is 8.42 Å². The largest absolute Gasteiger partial charge is 0.311 e. The smallest absolute Gasteiger partial charge is 0.214 e. The van der Waals surface area contributed by atoms with Gasteiger partial charge >= 0.3 is 0 Å². The molecular formula is C11H20N2O2S. The third kappa shape index (κ3) is 1.89. The van der Waals surface area contributed by atoms with Crippen molar-refractivity contribution in [1.29, 1.82) is 0 Å². The van der Waals surface area contributed by atoms with Crippen molar-refractivity contribution in [1.82, 2.24) is 9.62 Å². The van der Waals surface area contributed by atoms with E-state index in [1.54, 1.807) is 0 Å². The molecule has 3 saturated heterocycles. The molecule has 0 spiro atoms. The molecule has 0 saturated carbocycles. The number of hydrogen-bond donors (Lipinski definition) is 1. The van der Waals surface area contributed by atoms with E-state index in [1.165, 1.54) is 12.8 Å². The molecule has 3 heterocycles. The van der Waals surface area contributed by atoms with Crippen molar-refractivity contribution in [2.45, 2.75) is 56.7 Å². The summed E-state index contributed by atoms with van der Waals surface area (Å²) in [5.41, 5.74) is 0. The number of piperidine rings is 1. The maximum Gasteiger partial charge on any atom is 0.214 e. The highest BCUT2D eigenvalue weighted by Gasteiger charge is 2.40. The van der Waals surface area contributed by atoms with Gasteiger partial charge in [0, 0.05) is 24.7 Å². The molecule has 0 aromatic rings. The predicted molar refractivity (Wildman–Crippen MR) is 62.7 cm³/mol. The van der Waals surface area contributed by atoms with Crippen molar-refractivity contribution in [3.63, 3.8) is 0 Å². The number of hydrogen-bond acceptors (Lipinski definition) is 3. The Morgan fingerprint density at radius 1 is 1.06 bits per heavy atom. The minimum absolute atomic E-state index is 0.282. The molecular weight excluding hydrogens is 224 g/mol. The Hall–Kier alpha value is -0.130. The summed E-state index contributed by atoms with van der Waals surface area (Å²) in [4.78, 5) is 0. The van der Waals surface area contributed by atoms with Gasteiger partial charge < -0.3 is 5.32 Å². The van der Waals surface area contributed by atoms with Crippen LogP contribution in [0.25, 0.3) is 0 Å². The summed E-state index contributed by atoms with van der Waals surface area (Å²) in [6.45, 7) is 0.756. The van der Waals surface area contributed by atoms with Gasteiger partial charge in [0.2, 0.25) is 10.0 Å². The van der Waals surface area contributed by atoms with Gasteiger partial charge in [-0.2, -0.15) is 4.31 Å². The first-order chi connectivity index (χ1) is 7.65. The molecule has 4 nitrogen and oxygen atoms in total. The lowest BCUT2D eigenvalue weighted by molar-refractivity contribution is 0.218. The molecule has 0 amide bonds. The van der Waals surface area contributed by atoms with Gasteiger partial charge in [0.15, 0.2) is 0 Å². The van der Waals surface area contributed by atoms with Crippen LogP contribution < -0.4 is 5.32 Å². The van der Waals surface area contributed by atoms with Crippen molar-refractivity contribution in [2.75, 3.05) is 12.3 Å². The normalized spacial score (nSPS) is 43.4. The summed E-state index contributed by atoms with van der Waals surface area (Å²) in [7, 11) is -2.94. The molecule has 0 aliphatic carbocycles. The first-order valence-corrected chi connectivity index (χ1v) is 8.02. The molecule has 3 aliphatic heterocycles. The lowest BCUT2D eigenvalue weighted by Crippen LogP contribution is -2.52. The Morgan fingerprint density at radius 2 is 1.75 bits per heavy atom. The van der Waals surface area contributed by atoms with E-state index >= 15 is 0 Å². The van der Waals surface area contributed by atoms with E-state index in [2.05, 4.69) is 5.32 Å². The maximum absolute atomic E-state index is 12.0. The van der Waals surface area contributed by atoms with Crippen LogP contribution >= 0.6 is 0 Å². The van der Waals surface area contributed by atoms with Gasteiger partial charge in [-0.3, -0.25) is 0 Å². The summed E-state index contributed by atoms with van der Waals surface area (Å²) in [5, 5.41) is 3.57. The second-order valence-corrected chi connectivity index (χ2v) is 7.44. The van der Waals surface area contributed by atoms with E-state index in [9.17, 15) is 8.42 Å². The first-order valence-electron chi connectivity index (χ1n) is 6.41. The summed E-state index contributed by atoms with van der Waals surface area (Å²) >= 11 is 0. The van der Waals surface area contributed by atoms with Gasteiger partial charge in [-0.25, -0.2) is 8.42 Å². The molecule has 0 radical (unpaired) electrons. The van der Waals surface area contributed by atoms with Crippen molar-refractivity contribution in [3.8, 4) is 0 Å². The number of rotatable bonds is 1. The Labute approximate surface area is 97.4 Å². The number of nitrogens with one attached hydrogen (secondary N) is 1. The van der Waals surface area contributed by atoms with E-state index in [0.29, 0.717) is 17.8 Å². The van der Waals surface area contributed by atoms with Gasteiger partial charge in [0.05, 0.1) is 5.75 Å². The second kappa shape index (κ2) is 3.96. The molecule has 2 unspecified atom stereocenters. The number of sulfonamides is 1. The Kier molecular flexibility index (Phi) is 2.72. The summed E-state index contributed by atoms with van der Waals surface area (Å²) < 4.78 is 25.8. The minimum Gasteiger partial charge on any atom is -0.311 e. The van der Waals surface area contributed by atoms with Crippen LogP contribution in [0.1, 0.15) is 38.5 Å². The zero-order valence-electron chi connectivity index (χ0n) is 9.56. The fourth-order valence-corrected chi connectivity index (χ4v) is 5.32. The van der Waals surface area contributed by atoms with Crippen LogP contribution in [0.2, 0.25) is 0 Å². The van der Waals surface area contributed by atoms with Crippen molar-refractivity contribution >= 4 is 10.0 Å². The predicted octanol–water partition coefficient (Wildman–Crippen LogP) is 0.695. The molecule has 3 fully saturated rings. The van der Waals surface area contributed by atoms with E-state index in [4.69, 9.17) is 0 Å². The van der Waals surface area contributed by atoms with Crippen molar-refractivity contribution in [2.24, 2.45) is 0 Å². The van der Waals surface area contributed by atoms with Crippen LogP contribution in [0, 0.1) is 0 Å². The Morgan fingerprint density at radius 3 is 2.38 bits per heavy atom. The van der Waals surface area contributed by atoms with Crippen LogP contribution in [0.3, 0.4) is 0 Å². The van der Waals surface area contributed by atoms with Crippen LogP contribution in [0.4, 0.5) is 0 Å². The van der Waals surface area contributed by atoms with E-state index in [-0.39, 0.29) is 6.04 Å². The standard InChI is InChI=1S/C11H20N2O2S/c14-16(15)6-2-1-5-13(16)11-7-9-3-4-10(8-11)12-9/h9-12H,1-8H2. The molecule has 16 heavy (non-hydrogen) atoms. The van der Waals surface area contributed by atoms with Gasteiger partial charge in [-0.15, -0.1) is 0 Å². The average molecular weight is 244 g/mol. The highest BCUT2D eigenvalue weighted by Crippen LogP contribution is 2.32. The minimum atomic E-state index is -2.94. The fourth-order valence-electron chi connectivity index (χ4n) is 3.48. The number of nitrogens with zero attached hydrogens (tertiary/aromatic N) is 1. The summed E-state index contributed by atoms with van der Waals surface area (Å²) in [6.07, 6.45) is 6.39. The van der Waals surface area contributed by atoms with Crippen LogP contribution in [-0.4, -0.2) is 43.1 Å². The zero-order valence-corrected chi connectivity index (χ0v) is 10.4. The average Bonchev–Trinajstić information content (AvgIpc) is 2.57. The topological polar surface area (TPSA) is 49.4 Å². The lowest BCUT2D eigenvalue weighted by atomic mass is 9.99. The first kappa shape index (κ1) is 11.0. The zero-order chi connectivity index (χ0) is 11.2. The molecule has 5 heteroatoms. The highest BCUT2D eigenvalue weighted by molar-refractivity contribution is 7.89. The molecule has 0 aromatic carbocycles.